The van der Waals surface area contributed by atoms with Crippen molar-refractivity contribution in [3.63, 3.8) is 0 Å². The second-order valence-electron chi connectivity index (χ2n) is 3.81. The number of methoxy groups -OCH3 is 1. The smallest absolute Gasteiger partial charge is 0.0643 e. The maximum absolute atomic E-state index is 5.21. The third kappa shape index (κ3) is 1.94. The Balaban J connectivity index is 2.49. The molecule has 1 heterocycles. The van der Waals surface area contributed by atoms with Gasteiger partial charge in [0.1, 0.15) is 0 Å². The summed E-state index contributed by atoms with van der Waals surface area (Å²) in [6, 6.07) is 0. The molecule has 0 aromatic rings. The molecule has 0 aromatic heterocycles. The quantitative estimate of drug-likeness (QED) is 0.602. The summed E-state index contributed by atoms with van der Waals surface area (Å²) < 4.78 is 5.21. The molecule has 0 amide bonds. The Morgan fingerprint density at radius 3 is 2.73 bits per heavy atom. The van der Waals surface area contributed by atoms with Crippen molar-refractivity contribution in [2.45, 2.75) is 31.7 Å². The van der Waals surface area contributed by atoms with Crippen LogP contribution in [0.15, 0.2) is 0 Å². The molecule has 0 radical (unpaired) electrons. The van der Waals surface area contributed by atoms with Crippen LogP contribution in [0.2, 0.25) is 0 Å². The molecule has 11 heavy (non-hydrogen) atoms. The first-order valence-electron chi connectivity index (χ1n) is 4.39. The van der Waals surface area contributed by atoms with Gasteiger partial charge in [0.05, 0.1) is 6.61 Å². The van der Waals surface area contributed by atoms with Gasteiger partial charge in [0.15, 0.2) is 0 Å². The fraction of sp³-hybridized carbons (Fsp3) is 1.00. The van der Waals surface area contributed by atoms with Gasteiger partial charge in [-0.25, -0.2) is 0 Å². The van der Waals surface area contributed by atoms with Crippen LogP contribution in [0.1, 0.15) is 26.2 Å². The average Bonchev–Trinajstić information content (AvgIpc) is 1.96. The lowest BCUT2D eigenvalue weighted by molar-refractivity contribution is 0.0121. The third-order valence-electron chi connectivity index (χ3n) is 2.84. The van der Waals surface area contributed by atoms with E-state index < -0.39 is 0 Å². The number of rotatable bonds is 2. The molecular weight excluding hydrogens is 138 g/mol. The first-order valence-corrected chi connectivity index (χ1v) is 4.39. The van der Waals surface area contributed by atoms with Gasteiger partial charge in [-0.2, -0.15) is 0 Å². The van der Waals surface area contributed by atoms with E-state index in [0.717, 1.165) is 6.61 Å². The van der Waals surface area contributed by atoms with Gasteiger partial charge in [-0.1, -0.05) is 6.42 Å². The maximum atomic E-state index is 5.21. The van der Waals surface area contributed by atoms with Gasteiger partial charge in [0.2, 0.25) is 0 Å². The summed E-state index contributed by atoms with van der Waals surface area (Å²) in [4.78, 5) is 2.42. The van der Waals surface area contributed by atoms with Gasteiger partial charge in [-0.3, -0.25) is 4.90 Å². The van der Waals surface area contributed by atoms with Crippen LogP contribution in [0, 0.1) is 0 Å². The standard InChI is InChI=1S/C9H19NO/c1-9(8-11-3)6-4-5-7-10(9)2/h4-8H2,1-3H3. The van der Waals surface area contributed by atoms with Crippen LogP contribution < -0.4 is 0 Å². The minimum absolute atomic E-state index is 0.299. The predicted octanol–water partition coefficient (Wildman–Crippen LogP) is 1.51. The fourth-order valence-electron chi connectivity index (χ4n) is 1.81. The molecule has 1 atom stereocenters. The van der Waals surface area contributed by atoms with Crippen LogP contribution in [-0.4, -0.2) is 37.7 Å². The summed E-state index contributed by atoms with van der Waals surface area (Å²) in [7, 11) is 3.98. The minimum Gasteiger partial charge on any atom is -0.383 e. The number of likely N-dealkylation sites (tertiary alicyclic amines) is 1. The summed E-state index contributed by atoms with van der Waals surface area (Å²) in [5.74, 6) is 0. The topological polar surface area (TPSA) is 12.5 Å². The molecule has 1 aliphatic rings. The normalized spacial score (nSPS) is 34.1. The highest BCUT2D eigenvalue weighted by Crippen LogP contribution is 2.26. The van der Waals surface area contributed by atoms with E-state index in [2.05, 4.69) is 18.9 Å². The van der Waals surface area contributed by atoms with Crippen LogP contribution in [-0.2, 0) is 4.74 Å². The van der Waals surface area contributed by atoms with E-state index in [4.69, 9.17) is 4.74 Å². The van der Waals surface area contributed by atoms with Gasteiger partial charge in [0, 0.05) is 12.6 Å². The highest BCUT2D eigenvalue weighted by molar-refractivity contribution is 4.87. The van der Waals surface area contributed by atoms with Gasteiger partial charge >= 0.3 is 0 Å². The summed E-state index contributed by atoms with van der Waals surface area (Å²) in [5, 5.41) is 0. The van der Waals surface area contributed by atoms with Crippen molar-refractivity contribution in [3.05, 3.63) is 0 Å². The van der Waals surface area contributed by atoms with E-state index in [-0.39, 0.29) is 0 Å². The van der Waals surface area contributed by atoms with Gasteiger partial charge in [-0.05, 0) is 33.4 Å². The molecule has 0 bridgehead atoms. The molecule has 1 fully saturated rings. The predicted molar refractivity (Wildman–Crippen MR) is 46.8 cm³/mol. The summed E-state index contributed by atoms with van der Waals surface area (Å²) >= 11 is 0. The molecule has 0 aromatic carbocycles. The highest BCUT2D eigenvalue weighted by atomic mass is 16.5. The van der Waals surface area contributed by atoms with Crippen LogP contribution in [0.3, 0.4) is 0 Å². The highest BCUT2D eigenvalue weighted by Gasteiger charge is 2.31. The summed E-state index contributed by atoms with van der Waals surface area (Å²) in [6.45, 7) is 4.37. The molecule has 1 aliphatic heterocycles. The molecular formula is C9H19NO. The summed E-state index contributed by atoms with van der Waals surface area (Å²) in [6.07, 6.45) is 3.97. The lowest BCUT2D eigenvalue weighted by Crippen LogP contribution is -2.50. The lowest BCUT2D eigenvalue weighted by Gasteiger charge is -2.42. The minimum atomic E-state index is 0.299. The molecule has 0 saturated carbocycles. The van der Waals surface area contributed by atoms with Gasteiger partial charge in [-0.15, -0.1) is 0 Å². The molecule has 0 N–H and O–H groups in total. The van der Waals surface area contributed by atoms with E-state index in [1.165, 1.54) is 25.8 Å². The molecule has 2 heteroatoms. The van der Waals surface area contributed by atoms with E-state index in [0.29, 0.717) is 5.54 Å². The first kappa shape index (κ1) is 9.01. The Morgan fingerprint density at radius 1 is 1.45 bits per heavy atom. The van der Waals surface area contributed by atoms with Gasteiger partial charge in [0.25, 0.3) is 0 Å². The Kier molecular flexibility index (Phi) is 2.90. The summed E-state index contributed by atoms with van der Waals surface area (Å²) in [5.41, 5.74) is 0.299. The number of hydrogen-bond acceptors (Lipinski definition) is 2. The Bertz CT molecular complexity index is 123. The van der Waals surface area contributed by atoms with Crippen molar-refractivity contribution in [2.75, 3.05) is 27.3 Å². The van der Waals surface area contributed by atoms with E-state index in [9.17, 15) is 0 Å². The van der Waals surface area contributed by atoms with Crippen molar-refractivity contribution < 1.29 is 4.74 Å². The van der Waals surface area contributed by atoms with Gasteiger partial charge < -0.3 is 4.74 Å². The zero-order valence-electron chi connectivity index (χ0n) is 7.89. The van der Waals surface area contributed by atoms with Crippen molar-refractivity contribution in [1.82, 2.24) is 4.90 Å². The van der Waals surface area contributed by atoms with E-state index in [1.54, 1.807) is 7.11 Å². The SMILES string of the molecule is COCC1(C)CCCCN1C. The number of likely N-dealkylation sites (N-methyl/N-ethyl adjacent to an activating group) is 1. The van der Waals surface area contributed by atoms with E-state index >= 15 is 0 Å². The average molecular weight is 157 g/mol. The van der Waals surface area contributed by atoms with Crippen molar-refractivity contribution in [1.29, 1.82) is 0 Å². The Morgan fingerprint density at radius 2 is 2.18 bits per heavy atom. The zero-order valence-corrected chi connectivity index (χ0v) is 7.89. The number of hydrogen-bond donors (Lipinski definition) is 0. The van der Waals surface area contributed by atoms with E-state index in [1.807, 2.05) is 0 Å². The molecule has 2 nitrogen and oxygen atoms in total. The molecule has 0 aliphatic carbocycles. The zero-order chi connectivity index (χ0) is 8.32. The maximum Gasteiger partial charge on any atom is 0.0643 e. The second-order valence-corrected chi connectivity index (χ2v) is 3.81. The second kappa shape index (κ2) is 3.55. The Labute approximate surface area is 69.5 Å². The number of piperidine rings is 1. The third-order valence-corrected chi connectivity index (χ3v) is 2.84. The monoisotopic (exact) mass is 157 g/mol. The largest absolute Gasteiger partial charge is 0.383 e. The number of ether oxygens (including phenoxy) is 1. The van der Waals surface area contributed by atoms with Crippen molar-refractivity contribution in [2.24, 2.45) is 0 Å². The first-order chi connectivity index (χ1) is 5.19. The molecule has 1 saturated heterocycles. The fourth-order valence-corrected chi connectivity index (χ4v) is 1.81. The molecule has 66 valence electrons. The van der Waals surface area contributed by atoms with Crippen molar-refractivity contribution >= 4 is 0 Å². The Hall–Kier alpha value is -0.0800. The number of nitrogens with zero attached hydrogens (tertiary/aromatic N) is 1. The molecule has 1 rings (SSSR count). The molecule has 1 unspecified atom stereocenters. The lowest BCUT2D eigenvalue weighted by atomic mass is 9.90. The van der Waals surface area contributed by atoms with Crippen LogP contribution >= 0.6 is 0 Å². The van der Waals surface area contributed by atoms with Crippen LogP contribution in [0.4, 0.5) is 0 Å². The van der Waals surface area contributed by atoms with Crippen LogP contribution in [0.25, 0.3) is 0 Å². The van der Waals surface area contributed by atoms with Crippen LogP contribution in [0.5, 0.6) is 0 Å². The van der Waals surface area contributed by atoms with Crippen molar-refractivity contribution in [3.8, 4) is 0 Å². The molecule has 0 spiro atoms.